The van der Waals surface area contributed by atoms with Crippen molar-refractivity contribution >= 4 is 51.0 Å². The lowest BCUT2D eigenvalue weighted by Crippen LogP contribution is -2.12. The monoisotopic (exact) mass is 382 g/mol. The topological polar surface area (TPSA) is 123 Å². The van der Waals surface area contributed by atoms with Crippen LogP contribution in [0.15, 0.2) is 57.3 Å². The van der Waals surface area contributed by atoms with E-state index in [2.05, 4.69) is 4.98 Å². The number of benzene rings is 2. The number of nitrogens with zero attached hydrogens (tertiary/aromatic N) is 3. The normalized spacial score (nSPS) is 11.3. The lowest BCUT2D eigenvalue weighted by molar-refractivity contribution is -0.387. The molecule has 128 valence electrons. The van der Waals surface area contributed by atoms with Crippen molar-refractivity contribution in [2.75, 3.05) is 0 Å². The Morgan fingerprint density at radius 1 is 1.35 bits per heavy atom. The first kappa shape index (κ1) is 17.6. The number of hydrogen-bond acceptors (Lipinski definition) is 7. The summed E-state index contributed by atoms with van der Waals surface area (Å²) < 4.78 is 1.68. The van der Waals surface area contributed by atoms with Gasteiger partial charge in [0, 0.05) is 6.07 Å². The number of hydrogen-bond donors (Lipinski definition) is 1. The fraction of sp³-hybridized carbons (Fsp3) is 0. The summed E-state index contributed by atoms with van der Waals surface area (Å²) in [7, 11) is 0. The van der Waals surface area contributed by atoms with Crippen molar-refractivity contribution in [1.29, 1.82) is 5.26 Å². The standard InChI is InChI=1S/C17H10N4O3S2/c18-9-11(16(19)22)7-10-5-6-15(13(8-10)21(23)24)26-17-20-12-3-1-2-4-14(12)25-17/h1-8H,(H2,19,22)/b11-7+. The van der Waals surface area contributed by atoms with Crippen LogP contribution in [0.3, 0.4) is 0 Å². The molecular formula is C17H10N4O3S2. The number of para-hydroxylation sites is 1. The van der Waals surface area contributed by atoms with E-state index in [0.717, 1.165) is 10.2 Å². The first-order valence-corrected chi connectivity index (χ1v) is 8.84. The zero-order valence-corrected chi connectivity index (χ0v) is 14.7. The molecule has 0 saturated carbocycles. The van der Waals surface area contributed by atoms with Crippen molar-refractivity contribution in [3.8, 4) is 6.07 Å². The van der Waals surface area contributed by atoms with Gasteiger partial charge in [0.1, 0.15) is 11.6 Å². The quantitative estimate of drug-likeness (QED) is 0.310. The zero-order chi connectivity index (χ0) is 18.7. The molecular weight excluding hydrogens is 372 g/mol. The van der Waals surface area contributed by atoms with Gasteiger partial charge in [-0.1, -0.05) is 30.0 Å². The van der Waals surface area contributed by atoms with E-state index in [1.165, 1.54) is 35.2 Å². The molecule has 0 aliphatic carbocycles. The summed E-state index contributed by atoms with van der Waals surface area (Å²) in [6, 6.07) is 13.7. The summed E-state index contributed by atoms with van der Waals surface area (Å²) in [5.74, 6) is -0.886. The van der Waals surface area contributed by atoms with Crippen molar-refractivity contribution < 1.29 is 9.72 Å². The van der Waals surface area contributed by atoms with Gasteiger partial charge in [-0.15, -0.1) is 11.3 Å². The fourth-order valence-electron chi connectivity index (χ4n) is 2.17. The highest BCUT2D eigenvalue weighted by Gasteiger charge is 2.18. The van der Waals surface area contributed by atoms with Crippen molar-refractivity contribution in [3.05, 3.63) is 63.7 Å². The van der Waals surface area contributed by atoms with Gasteiger partial charge < -0.3 is 5.73 Å². The van der Waals surface area contributed by atoms with Gasteiger partial charge in [0.15, 0.2) is 4.34 Å². The Labute approximate surface area is 155 Å². The molecule has 26 heavy (non-hydrogen) atoms. The number of fused-ring (bicyclic) bond motifs is 1. The molecule has 2 N–H and O–H groups in total. The fourth-order valence-corrected chi connectivity index (χ4v) is 4.28. The number of nitriles is 1. The van der Waals surface area contributed by atoms with Crippen LogP contribution in [-0.2, 0) is 4.79 Å². The molecule has 1 aromatic heterocycles. The van der Waals surface area contributed by atoms with Gasteiger partial charge in [-0.25, -0.2) is 4.98 Å². The lowest BCUT2D eigenvalue weighted by atomic mass is 10.1. The summed E-state index contributed by atoms with van der Waals surface area (Å²) in [4.78, 5) is 26.9. The van der Waals surface area contributed by atoms with Crippen LogP contribution in [0.5, 0.6) is 0 Å². The summed E-state index contributed by atoms with van der Waals surface area (Å²) in [5.41, 5.74) is 5.86. The Morgan fingerprint density at radius 3 is 2.77 bits per heavy atom. The van der Waals surface area contributed by atoms with Gasteiger partial charge >= 0.3 is 0 Å². The summed E-state index contributed by atoms with van der Waals surface area (Å²) in [6.07, 6.45) is 1.22. The second-order valence-corrected chi connectivity index (χ2v) is 7.39. The Hall–Kier alpha value is -3.22. The van der Waals surface area contributed by atoms with Crippen LogP contribution in [0.1, 0.15) is 5.56 Å². The largest absolute Gasteiger partial charge is 0.365 e. The number of carbonyl (C=O) groups excluding carboxylic acids is 1. The van der Waals surface area contributed by atoms with E-state index in [0.29, 0.717) is 14.8 Å². The van der Waals surface area contributed by atoms with Crippen LogP contribution >= 0.6 is 23.1 Å². The number of amides is 1. The van der Waals surface area contributed by atoms with E-state index in [1.54, 1.807) is 18.2 Å². The average Bonchev–Trinajstić information content (AvgIpc) is 3.02. The molecule has 1 heterocycles. The third-order valence-corrected chi connectivity index (χ3v) is 5.51. The van der Waals surface area contributed by atoms with E-state index >= 15 is 0 Å². The smallest absolute Gasteiger partial charge is 0.283 e. The second-order valence-electron chi connectivity index (χ2n) is 5.07. The minimum atomic E-state index is -0.886. The maximum Gasteiger partial charge on any atom is 0.283 e. The molecule has 3 aromatic rings. The molecule has 1 amide bonds. The van der Waals surface area contributed by atoms with Crippen molar-refractivity contribution in [2.45, 2.75) is 9.24 Å². The van der Waals surface area contributed by atoms with E-state index in [1.807, 2.05) is 24.3 Å². The van der Waals surface area contributed by atoms with E-state index in [9.17, 15) is 14.9 Å². The van der Waals surface area contributed by atoms with Crippen LogP contribution in [0, 0.1) is 21.4 Å². The molecule has 7 nitrogen and oxygen atoms in total. The molecule has 0 fully saturated rings. The Bertz CT molecular complexity index is 1070. The van der Waals surface area contributed by atoms with Crippen LogP contribution < -0.4 is 5.73 Å². The Balaban J connectivity index is 1.98. The minimum absolute atomic E-state index is 0.134. The van der Waals surface area contributed by atoms with E-state index in [-0.39, 0.29) is 11.3 Å². The first-order valence-electron chi connectivity index (χ1n) is 7.21. The van der Waals surface area contributed by atoms with Crippen LogP contribution in [0.25, 0.3) is 16.3 Å². The van der Waals surface area contributed by atoms with Crippen molar-refractivity contribution in [1.82, 2.24) is 4.98 Å². The molecule has 0 unspecified atom stereocenters. The SMILES string of the molecule is N#C/C(=C\c1ccc(Sc2nc3ccccc3s2)c([N+](=O)[O-])c1)C(N)=O. The number of carbonyl (C=O) groups is 1. The van der Waals surface area contributed by atoms with Gasteiger partial charge in [-0.05, 0) is 29.8 Å². The Kier molecular flexibility index (Phi) is 4.97. The predicted octanol–water partition coefficient (Wildman–Crippen LogP) is 3.75. The Morgan fingerprint density at radius 2 is 2.12 bits per heavy atom. The van der Waals surface area contributed by atoms with Crippen LogP contribution in [0.4, 0.5) is 5.69 Å². The number of thiazole rings is 1. The van der Waals surface area contributed by atoms with Gasteiger partial charge in [0.2, 0.25) is 0 Å². The number of rotatable bonds is 5. The highest BCUT2D eigenvalue weighted by molar-refractivity contribution is 8.01. The molecule has 0 atom stereocenters. The molecule has 2 aromatic carbocycles. The van der Waals surface area contributed by atoms with Gasteiger partial charge in [0.25, 0.3) is 11.6 Å². The molecule has 0 bridgehead atoms. The molecule has 9 heteroatoms. The molecule has 0 aliphatic rings. The second kappa shape index (κ2) is 7.35. The highest BCUT2D eigenvalue weighted by atomic mass is 32.2. The molecule has 0 radical (unpaired) electrons. The van der Waals surface area contributed by atoms with Gasteiger partial charge in [-0.2, -0.15) is 5.26 Å². The number of nitro benzene ring substituents is 1. The number of nitro groups is 1. The molecule has 3 rings (SSSR count). The first-order chi connectivity index (χ1) is 12.5. The lowest BCUT2D eigenvalue weighted by Gasteiger charge is -2.02. The van der Waals surface area contributed by atoms with Crippen molar-refractivity contribution in [3.63, 3.8) is 0 Å². The van der Waals surface area contributed by atoms with Crippen LogP contribution in [-0.4, -0.2) is 15.8 Å². The number of nitrogens with two attached hydrogens (primary N) is 1. The predicted molar refractivity (Wildman–Crippen MR) is 99.6 cm³/mol. The van der Waals surface area contributed by atoms with E-state index in [4.69, 9.17) is 11.0 Å². The van der Waals surface area contributed by atoms with Crippen LogP contribution in [0.2, 0.25) is 0 Å². The van der Waals surface area contributed by atoms with Crippen molar-refractivity contribution in [2.24, 2.45) is 5.73 Å². The third-order valence-electron chi connectivity index (χ3n) is 3.35. The maximum absolute atomic E-state index is 11.4. The third kappa shape index (κ3) is 3.72. The zero-order valence-electron chi connectivity index (χ0n) is 13.1. The highest BCUT2D eigenvalue weighted by Crippen LogP contribution is 2.39. The average molecular weight is 382 g/mol. The summed E-state index contributed by atoms with van der Waals surface area (Å²) in [5, 5.41) is 20.3. The summed E-state index contributed by atoms with van der Waals surface area (Å²) >= 11 is 2.64. The summed E-state index contributed by atoms with van der Waals surface area (Å²) in [6.45, 7) is 0. The maximum atomic E-state index is 11.4. The molecule has 0 aliphatic heterocycles. The number of aromatic nitrogens is 1. The van der Waals surface area contributed by atoms with Gasteiger partial charge in [0.05, 0.1) is 20.0 Å². The minimum Gasteiger partial charge on any atom is -0.365 e. The molecule has 0 spiro atoms. The molecule has 0 saturated heterocycles. The van der Waals surface area contributed by atoms with Gasteiger partial charge in [-0.3, -0.25) is 14.9 Å². The number of primary amides is 1. The van der Waals surface area contributed by atoms with E-state index < -0.39 is 10.8 Å².